The molecule has 2 fully saturated rings. The molecule has 0 radical (unpaired) electrons. The molecule has 3 heterocycles. The van der Waals surface area contributed by atoms with Gasteiger partial charge in [0.05, 0.1) is 21.7 Å². The van der Waals surface area contributed by atoms with Crippen LogP contribution in [0.1, 0.15) is 49.1 Å². The average Bonchev–Trinajstić information content (AvgIpc) is 3.45. The van der Waals surface area contributed by atoms with Gasteiger partial charge in [-0.15, -0.1) is 23.1 Å². The Bertz CT molecular complexity index is 1470. The number of pyridine rings is 1. The third-order valence-electron chi connectivity index (χ3n) is 7.54. The third-order valence-corrected chi connectivity index (χ3v) is 9.80. The minimum Gasteiger partial charge on any atom is -0.367 e. The van der Waals surface area contributed by atoms with Crippen molar-refractivity contribution in [2.75, 3.05) is 22.9 Å². The maximum Gasteiger partial charge on any atom is 0.224 e. The number of benzene rings is 1. The zero-order chi connectivity index (χ0) is 26.2. The summed E-state index contributed by atoms with van der Waals surface area (Å²) in [6.45, 7) is 6.81. The second-order valence-corrected chi connectivity index (χ2v) is 12.8. The van der Waals surface area contributed by atoms with Crippen LogP contribution in [-0.4, -0.2) is 38.3 Å². The molecular weight excluding hydrogens is 515 g/mol. The third kappa shape index (κ3) is 5.64. The molecule has 6 rings (SSSR count). The van der Waals surface area contributed by atoms with Crippen LogP contribution in [0.4, 0.5) is 16.2 Å². The fraction of sp³-hybridized carbons (Fsp3) is 0.448. The van der Waals surface area contributed by atoms with Gasteiger partial charge in [-0.2, -0.15) is 4.98 Å². The van der Waals surface area contributed by atoms with Crippen LogP contribution < -0.4 is 10.6 Å². The molecule has 0 bridgehead atoms. The van der Waals surface area contributed by atoms with Crippen LogP contribution in [0.5, 0.6) is 0 Å². The van der Waals surface area contributed by atoms with Gasteiger partial charge in [0.1, 0.15) is 22.2 Å². The normalized spacial score (nSPS) is 19.3. The van der Waals surface area contributed by atoms with Crippen molar-refractivity contribution in [3.63, 3.8) is 0 Å². The Morgan fingerprint density at radius 3 is 2.63 bits per heavy atom. The summed E-state index contributed by atoms with van der Waals surface area (Å²) in [5.41, 5.74) is 4.51. The monoisotopic (exact) mass is 548 g/mol. The van der Waals surface area contributed by atoms with E-state index >= 15 is 0 Å². The number of fused-ring (bicyclic) bond motifs is 1. The van der Waals surface area contributed by atoms with Gasteiger partial charge in [0.15, 0.2) is 0 Å². The number of aromatic nitrogens is 4. The first-order valence-corrected chi connectivity index (χ1v) is 15.2. The number of thiazole rings is 1. The standard InChI is InChI=1S/C29H33FN6S2/c1-16-12-22(8-9-23(16)30)37-15-20-6-7-21(13-20)34-27-25(17(2)33-29(36-27)32-14-19-4-5-19)28-35-26-18(3)31-11-10-24(26)38-28/h8-12,19-21H,4-7,13-15H2,1-3H3,(H2,32,33,34,36)/t20-,21+/m1/s1. The summed E-state index contributed by atoms with van der Waals surface area (Å²) in [6, 6.07) is 7.78. The van der Waals surface area contributed by atoms with Crippen LogP contribution >= 0.6 is 23.1 Å². The lowest BCUT2D eigenvalue weighted by molar-refractivity contribution is 0.611. The topological polar surface area (TPSA) is 75.6 Å². The second kappa shape index (κ2) is 10.8. The van der Waals surface area contributed by atoms with Crippen LogP contribution in [0.3, 0.4) is 0 Å². The van der Waals surface area contributed by atoms with E-state index in [0.717, 1.165) is 73.9 Å². The van der Waals surface area contributed by atoms with Gasteiger partial charge in [0.2, 0.25) is 5.95 Å². The van der Waals surface area contributed by atoms with Crippen LogP contribution in [-0.2, 0) is 0 Å². The van der Waals surface area contributed by atoms with Crippen molar-refractivity contribution >= 4 is 45.1 Å². The molecular formula is C29H33FN6S2. The molecule has 38 heavy (non-hydrogen) atoms. The van der Waals surface area contributed by atoms with Gasteiger partial charge in [-0.25, -0.2) is 14.4 Å². The van der Waals surface area contributed by atoms with Crippen molar-refractivity contribution in [3.05, 3.63) is 53.2 Å². The van der Waals surface area contributed by atoms with Gasteiger partial charge < -0.3 is 10.6 Å². The zero-order valence-corrected chi connectivity index (χ0v) is 23.7. The van der Waals surface area contributed by atoms with Crippen molar-refractivity contribution in [2.24, 2.45) is 11.8 Å². The van der Waals surface area contributed by atoms with E-state index in [1.54, 1.807) is 17.4 Å². The van der Waals surface area contributed by atoms with Gasteiger partial charge in [0.25, 0.3) is 0 Å². The first-order valence-electron chi connectivity index (χ1n) is 13.4. The van der Waals surface area contributed by atoms with Crippen molar-refractivity contribution in [2.45, 2.75) is 63.8 Å². The lowest BCUT2D eigenvalue weighted by Gasteiger charge is -2.18. The number of hydrogen-bond acceptors (Lipinski definition) is 8. The Balaban J connectivity index is 1.21. The van der Waals surface area contributed by atoms with Crippen LogP contribution in [0.15, 0.2) is 35.4 Å². The van der Waals surface area contributed by atoms with Crippen molar-refractivity contribution in [1.29, 1.82) is 0 Å². The molecule has 2 saturated carbocycles. The van der Waals surface area contributed by atoms with Crippen LogP contribution in [0.25, 0.3) is 20.8 Å². The SMILES string of the molecule is Cc1cc(SC[C@@H]2CC[C@H](Nc3nc(NCC4CC4)nc(C)c3-c3nc4c(C)nccc4s3)C2)ccc1F. The largest absolute Gasteiger partial charge is 0.367 e. The van der Waals surface area contributed by atoms with Crippen molar-refractivity contribution in [1.82, 2.24) is 19.9 Å². The van der Waals surface area contributed by atoms with E-state index < -0.39 is 0 Å². The quantitative estimate of drug-likeness (QED) is 0.211. The maximum absolute atomic E-state index is 13.6. The fourth-order valence-electron chi connectivity index (χ4n) is 5.13. The number of halogens is 1. The Morgan fingerprint density at radius 1 is 1.00 bits per heavy atom. The molecule has 6 nitrogen and oxygen atoms in total. The van der Waals surface area contributed by atoms with E-state index in [0.29, 0.717) is 23.5 Å². The molecule has 198 valence electrons. The summed E-state index contributed by atoms with van der Waals surface area (Å²) in [4.78, 5) is 20.3. The highest BCUT2D eigenvalue weighted by Gasteiger charge is 2.28. The summed E-state index contributed by atoms with van der Waals surface area (Å²) in [5, 5.41) is 8.19. The van der Waals surface area contributed by atoms with Gasteiger partial charge in [-0.1, -0.05) is 0 Å². The number of hydrogen-bond donors (Lipinski definition) is 2. The van der Waals surface area contributed by atoms with Gasteiger partial charge >= 0.3 is 0 Å². The molecule has 2 aliphatic rings. The zero-order valence-electron chi connectivity index (χ0n) is 22.1. The molecule has 0 spiro atoms. The van der Waals surface area contributed by atoms with Crippen LogP contribution in [0.2, 0.25) is 0 Å². The van der Waals surface area contributed by atoms with E-state index in [4.69, 9.17) is 15.0 Å². The predicted molar refractivity (Wildman–Crippen MR) is 156 cm³/mol. The highest BCUT2D eigenvalue weighted by molar-refractivity contribution is 7.99. The predicted octanol–water partition coefficient (Wildman–Crippen LogP) is 7.41. The smallest absolute Gasteiger partial charge is 0.224 e. The minimum atomic E-state index is -0.138. The van der Waals surface area contributed by atoms with Gasteiger partial charge in [0, 0.05) is 29.4 Å². The molecule has 2 atom stereocenters. The molecule has 2 N–H and O–H groups in total. The second-order valence-electron chi connectivity index (χ2n) is 10.7. The lowest BCUT2D eigenvalue weighted by atomic mass is 10.1. The maximum atomic E-state index is 13.6. The van der Waals surface area contributed by atoms with Crippen LogP contribution in [0, 0.1) is 38.4 Å². The molecule has 0 saturated heterocycles. The molecule has 0 amide bonds. The Labute approximate surface area is 231 Å². The van der Waals surface area contributed by atoms with Crippen molar-refractivity contribution < 1.29 is 4.39 Å². The molecule has 2 aliphatic carbocycles. The van der Waals surface area contributed by atoms with Gasteiger partial charge in [-0.05, 0) is 94.5 Å². The fourth-order valence-corrected chi connectivity index (χ4v) is 7.40. The molecule has 0 unspecified atom stereocenters. The minimum absolute atomic E-state index is 0.138. The van der Waals surface area contributed by atoms with E-state index in [-0.39, 0.29) is 5.82 Å². The van der Waals surface area contributed by atoms with E-state index in [2.05, 4.69) is 22.5 Å². The summed E-state index contributed by atoms with van der Waals surface area (Å²) < 4.78 is 14.8. The Kier molecular flexibility index (Phi) is 7.22. The number of anilines is 2. The van der Waals surface area contributed by atoms with Gasteiger partial charge in [-0.3, -0.25) is 4.98 Å². The Morgan fingerprint density at radius 2 is 1.84 bits per heavy atom. The first-order chi connectivity index (χ1) is 18.4. The highest BCUT2D eigenvalue weighted by atomic mass is 32.2. The lowest BCUT2D eigenvalue weighted by Crippen LogP contribution is -2.19. The highest BCUT2D eigenvalue weighted by Crippen LogP contribution is 2.39. The number of nitrogens with one attached hydrogen (secondary N) is 2. The van der Waals surface area contributed by atoms with E-state index in [1.165, 1.54) is 19.3 Å². The number of thioether (sulfide) groups is 1. The number of nitrogens with zero attached hydrogens (tertiary/aromatic N) is 4. The molecule has 9 heteroatoms. The first kappa shape index (κ1) is 25.5. The summed E-state index contributed by atoms with van der Waals surface area (Å²) in [6.07, 6.45) is 7.77. The molecule has 3 aromatic heterocycles. The Hall–Kier alpha value is -2.78. The molecule has 4 aromatic rings. The van der Waals surface area contributed by atoms with E-state index in [1.807, 2.05) is 50.0 Å². The van der Waals surface area contributed by atoms with E-state index in [9.17, 15) is 4.39 Å². The molecule has 1 aromatic carbocycles. The van der Waals surface area contributed by atoms with Crippen molar-refractivity contribution in [3.8, 4) is 10.6 Å². The summed E-state index contributed by atoms with van der Waals surface area (Å²) >= 11 is 3.50. The summed E-state index contributed by atoms with van der Waals surface area (Å²) in [5.74, 6) is 3.81. The summed E-state index contributed by atoms with van der Waals surface area (Å²) in [7, 11) is 0. The number of aryl methyl sites for hydroxylation is 3. The molecule has 0 aliphatic heterocycles. The number of rotatable bonds is 9. The average molecular weight is 549 g/mol.